The Balaban J connectivity index is 1.44. The van der Waals surface area contributed by atoms with Gasteiger partial charge >= 0.3 is 0 Å². The van der Waals surface area contributed by atoms with Gasteiger partial charge in [-0.25, -0.2) is 0 Å². The minimum atomic E-state index is -0.127. The molecule has 0 aliphatic carbocycles. The molecule has 0 saturated carbocycles. The van der Waals surface area contributed by atoms with E-state index in [9.17, 15) is 9.90 Å². The van der Waals surface area contributed by atoms with Crippen LogP contribution in [0.2, 0.25) is 0 Å². The summed E-state index contributed by atoms with van der Waals surface area (Å²) in [5.74, 6) is 0.628. The number of hydrogen-bond donors (Lipinski definition) is 1. The second-order valence-electron chi connectivity index (χ2n) is 7.79. The molecule has 0 spiro atoms. The average molecular weight is 361 g/mol. The van der Waals surface area contributed by atoms with Crippen molar-refractivity contribution in [3.05, 3.63) is 76.3 Å². The fraction of sp³-hybridized carbons (Fsp3) is 0.364. The number of aliphatic hydroxyl groups is 1. The van der Waals surface area contributed by atoms with E-state index in [0.29, 0.717) is 11.8 Å². The summed E-state index contributed by atoms with van der Waals surface area (Å²) >= 11 is 0. The Morgan fingerprint density at radius 1 is 1.04 bits per heavy atom. The summed E-state index contributed by atoms with van der Waals surface area (Å²) in [6.07, 6.45) is 1.04. The molecule has 3 atom stereocenters. The van der Waals surface area contributed by atoms with Crippen LogP contribution < -0.4 is 5.56 Å². The molecule has 1 aromatic carbocycles. The van der Waals surface area contributed by atoms with E-state index in [1.165, 1.54) is 0 Å². The van der Waals surface area contributed by atoms with Gasteiger partial charge in [0.15, 0.2) is 0 Å². The summed E-state index contributed by atoms with van der Waals surface area (Å²) in [6, 6.07) is 17.8. The molecular weight excluding hydrogens is 338 g/mol. The SMILES string of the molecule is O=c1cccc2n1[C@@H](CO)[C@H]1C[C@@H]2CN(Cc2ccc3ccccc3n2)C1. The Bertz CT molecular complexity index is 1040. The van der Waals surface area contributed by atoms with Gasteiger partial charge in [0.25, 0.3) is 5.56 Å². The van der Waals surface area contributed by atoms with Crippen molar-refractivity contribution in [2.24, 2.45) is 5.92 Å². The molecule has 4 heterocycles. The van der Waals surface area contributed by atoms with Crippen LogP contribution in [-0.2, 0) is 6.54 Å². The van der Waals surface area contributed by atoms with E-state index in [1.807, 2.05) is 34.9 Å². The lowest BCUT2D eigenvalue weighted by molar-refractivity contribution is 0.0575. The van der Waals surface area contributed by atoms with Crippen LogP contribution in [0.4, 0.5) is 0 Å². The first kappa shape index (κ1) is 16.7. The molecule has 0 radical (unpaired) electrons. The van der Waals surface area contributed by atoms with E-state index in [0.717, 1.165) is 48.3 Å². The van der Waals surface area contributed by atoms with Gasteiger partial charge in [-0.2, -0.15) is 0 Å². The second-order valence-corrected chi connectivity index (χ2v) is 7.79. The van der Waals surface area contributed by atoms with Crippen LogP contribution in [0.25, 0.3) is 10.9 Å². The van der Waals surface area contributed by atoms with Crippen molar-refractivity contribution in [1.82, 2.24) is 14.5 Å². The van der Waals surface area contributed by atoms with E-state index >= 15 is 0 Å². The summed E-state index contributed by atoms with van der Waals surface area (Å²) in [6.45, 7) is 2.62. The second kappa shape index (κ2) is 6.59. The third-order valence-electron chi connectivity index (χ3n) is 6.10. The summed E-state index contributed by atoms with van der Waals surface area (Å²) in [7, 11) is 0. The van der Waals surface area contributed by atoms with Crippen molar-refractivity contribution in [2.45, 2.75) is 24.9 Å². The first-order valence-corrected chi connectivity index (χ1v) is 9.62. The maximum Gasteiger partial charge on any atom is 0.251 e. The van der Waals surface area contributed by atoms with Crippen LogP contribution >= 0.6 is 0 Å². The number of piperidine rings is 1. The molecule has 2 bridgehead atoms. The van der Waals surface area contributed by atoms with Crippen LogP contribution in [0, 0.1) is 5.92 Å². The fourth-order valence-electron chi connectivity index (χ4n) is 4.93. The third-order valence-corrected chi connectivity index (χ3v) is 6.10. The predicted octanol–water partition coefficient (Wildman–Crippen LogP) is 2.55. The number of pyridine rings is 2. The molecule has 27 heavy (non-hydrogen) atoms. The Morgan fingerprint density at radius 2 is 1.93 bits per heavy atom. The standard InChI is InChI=1S/C22H23N3O2/c26-14-21-17-10-16(20-6-3-7-22(27)25(20)21)11-24(12-17)13-18-9-8-15-4-1-2-5-19(15)23-18/h1-9,16-17,21,26H,10-14H2/t16-,17+,21+/m1/s1. The molecule has 0 amide bonds. The van der Waals surface area contributed by atoms with Gasteiger partial charge in [-0.1, -0.05) is 30.3 Å². The number of fused-ring (bicyclic) bond motifs is 5. The van der Waals surface area contributed by atoms with E-state index in [-0.39, 0.29) is 18.2 Å². The van der Waals surface area contributed by atoms with Crippen LogP contribution in [0.1, 0.15) is 29.8 Å². The van der Waals surface area contributed by atoms with Gasteiger partial charge in [-0.15, -0.1) is 0 Å². The van der Waals surface area contributed by atoms with Crippen molar-refractivity contribution in [3.8, 4) is 0 Å². The van der Waals surface area contributed by atoms with Crippen LogP contribution in [0.15, 0.2) is 59.4 Å². The maximum absolute atomic E-state index is 12.4. The normalized spacial score (nSPS) is 24.7. The molecule has 5 nitrogen and oxygen atoms in total. The predicted molar refractivity (Wildman–Crippen MR) is 105 cm³/mol. The van der Waals surface area contributed by atoms with Gasteiger partial charge < -0.3 is 9.67 Å². The Morgan fingerprint density at radius 3 is 2.81 bits per heavy atom. The topological polar surface area (TPSA) is 58.4 Å². The first-order valence-electron chi connectivity index (χ1n) is 9.62. The zero-order valence-electron chi connectivity index (χ0n) is 15.2. The highest BCUT2D eigenvalue weighted by molar-refractivity contribution is 5.78. The largest absolute Gasteiger partial charge is 0.394 e. The number of rotatable bonds is 3. The zero-order valence-corrected chi connectivity index (χ0v) is 15.2. The number of hydrogen-bond acceptors (Lipinski definition) is 4. The van der Waals surface area contributed by atoms with Crippen LogP contribution in [-0.4, -0.2) is 39.3 Å². The van der Waals surface area contributed by atoms with E-state index in [2.05, 4.69) is 23.1 Å². The Hall–Kier alpha value is -2.50. The van der Waals surface area contributed by atoms with Gasteiger partial charge in [-0.05, 0) is 30.5 Å². The minimum Gasteiger partial charge on any atom is -0.394 e. The van der Waals surface area contributed by atoms with E-state index < -0.39 is 0 Å². The van der Waals surface area contributed by atoms with E-state index in [1.54, 1.807) is 6.07 Å². The smallest absolute Gasteiger partial charge is 0.251 e. The molecule has 0 unspecified atom stereocenters. The highest BCUT2D eigenvalue weighted by Gasteiger charge is 2.40. The number of aliphatic hydroxyl groups excluding tert-OH is 1. The Kier molecular flexibility index (Phi) is 4.06. The molecule has 2 aliphatic rings. The van der Waals surface area contributed by atoms with Crippen molar-refractivity contribution in [3.63, 3.8) is 0 Å². The molecule has 1 fully saturated rings. The molecular formula is C22H23N3O2. The summed E-state index contributed by atoms with van der Waals surface area (Å²) in [4.78, 5) is 19.6. The number of likely N-dealkylation sites (tertiary alicyclic amines) is 1. The zero-order chi connectivity index (χ0) is 18.4. The lowest BCUT2D eigenvalue weighted by Crippen LogP contribution is -2.50. The highest BCUT2D eigenvalue weighted by Crippen LogP contribution is 2.41. The number of benzene rings is 1. The molecule has 3 aromatic rings. The highest BCUT2D eigenvalue weighted by atomic mass is 16.3. The van der Waals surface area contributed by atoms with Gasteiger partial charge in [0.2, 0.25) is 0 Å². The number of nitrogens with zero attached hydrogens (tertiary/aromatic N) is 3. The quantitative estimate of drug-likeness (QED) is 0.779. The molecule has 138 valence electrons. The summed E-state index contributed by atoms with van der Waals surface area (Å²) in [5, 5.41) is 11.1. The number of aromatic nitrogens is 2. The molecule has 5 heteroatoms. The molecule has 1 N–H and O–H groups in total. The minimum absolute atomic E-state index is 0.00546. The third kappa shape index (κ3) is 2.87. The summed E-state index contributed by atoms with van der Waals surface area (Å²) in [5.41, 5.74) is 3.16. The van der Waals surface area contributed by atoms with Crippen LogP contribution in [0.3, 0.4) is 0 Å². The fourth-order valence-corrected chi connectivity index (χ4v) is 4.93. The van der Waals surface area contributed by atoms with Gasteiger partial charge in [-0.3, -0.25) is 14.7 Å². The maximum atomic E-state index is 12.4. The first-order chi connectivity index (χ1) is 13.2. The summed E-state index contributed by atoms with van der Waals surface area (Å²) < 4.78 is 1.84. The molecule has 5 rings (SSSR count). The molecule has 2 aliphatic heterocycles. The molecule has 2 aromatic heterocycles. The lowest BCUT2D eigenvalue weighted by atomic mass is 9.78. The van der Waals surface area contributed by atoms with Gasteiger partial charge in [0.1, 0.15) is 0 Å². The van der Waals surface area contributed by atoms with Crippen LogP contribution in [0.5, 0.6) is 0 Å². The number of para-hydroxylation sites is 1. The Labute approximate surface area is 157 Å². The van der Waals surface area contributed by atoms with Gasteiger partial charge in [0, 0.05) is 42.7 Å². The lowest BCUT2D eigenvalue weighted by Gasteiger charge is -2.46. The van der Waals surface area contributed by atoms with Crippen molar-refractivity contribution < 1.29 is 5.11 Å². The molecule has 1 saturated heterocycles. The van der Waals surface area contributed by atoms with E-state index in [4.69, 9.17) is 4.98 Å². The van der Waals surface area contributed by atoms with Crippen molar-refractivity contribution >= 4 is 10.9 Å². The van der Waals surface area contributed by atoms with Crippen molar-refractivity contribution in [2.75, 3.05) is 19.7 Å². The monoisotopic (exact) mass is 361 g/mol. The van der Waals surface area contributed by atoms with Crippen molar-refractivity contribution in [1.29, 1.82) is 0 Å². The average Bonchev–Trinajstić information content (AvgIpc) is 2.69. The van der Waals surface area contributed by atoms with Gasteiger partial charge in [0.05, 0.1) is 23.9 Å².